The highest BCUT2D eigenvalue weighted by molar-refractivity contribution is 5.71. The molecule has 2 nitrogen and oxygen atoms in total. The first kappa shape index (κ1) is 10.9. The Morgan fingerprint density at radius 1 is 1.25 bits per heavy atom. The standard InChI is InChI=1S/C14H18N2/c1-3-4-5-6-13-10-9-12-8-7-11(2)15-14(12)16-13/h7-10H,2-6H2,1H3,(H,15,16). The topological polar surface area (TPSA) is 24.9 Å². The lowest BCUT2D eigenvalue weighted by molar-refractivity contribution is 0.707. The van der Waals surface area contributed by atoms with Crippen molar-refractivity contribution in [3.8, 4) is 0 Å². The third-order valence-electron chi connectivity index (χ3n) is 2.76. The number of pyridine rings is 1. The maximum Gasteiger partial charge on any atom is 0.137 e. The van der Waals surface area contributed by atoms with Gasteiger partial charge in [0, 0.05) is 17.0 Å². The number of nitrogens with zero attached hydrogens (tertiary/aromatic N) is 1. The van der Waals surface area contributed by atoms with Gasteiger partial charge in [-0.15, -0.1) is 0 Å². The fraction of sp³-hybridized carbons (Fsp3) is 0.357. The zero-order valence-corrected chi connectivity index (χ0v) is 9.79. The second-order valence-electron chi connectivity index (χ2n) is 4.18. The summed E-state index contributed by atoms with van der Waals surface area (Å²) in [6, 6.07) is 4.24. The molecule has 0 amide bonds. The Kier molecular flexibility index (Phi) is 3.40. The summed E-state index contributed by atoms with van der Waals surface area (Å²) >= 11 is 0. The predicted octanol–water partition coefficient (Wildman–Crippen LogP) is 3.77. The van der Waals surface area contributed by atoms with Gasteiger partial charge in [0.05, 0.1) is 0 Å². The van der Waals surface area contributed by atoms with Crippen LogP contribution in [0.1, 0.15) is 37.4 Å². The van der Waals surface area contributed by atoms with Gasteiger partial charge in [-0.3, -0.25) is 0 Å². The van der Waals surface area contributed by atoms with Crippen LogP contribution in [0.5, 0.6) is 0 Å². The number of aromatic nitrogens is 1. The van der Waals surface area contributed by atoms with Crippen LogP contribution in [0, 0.1) is 0 Å². The van der Waals surface area contributed by atoms with Crippen LogP contribution < -0.4 is 5.32 Å². The number of unbranched alkanes of at least 4 members (excludes halogenated alkanes) is 2. The lowest BCUT2D eigenvalue weighted by atomic mass is 10.1. The molecule has 0 radical (unpaired) electrons. The van der Waals surface area contributed by atoms with Gasteiger partial charge in [0.25, 0.3) is 0 Å². The molecule has 0 atom stereocenters. The van der Waals surface area contributed by atoms with E-state index in [2.05, 4.69) is 42.0 Å². The van der Waals surface area contributed by atoms with Gasteiger partial charge in [0.15, 0.2) is 0 Å². The summed E-state index contributed by atoms with van der Waals surface area (Å²) in [6.07, 6.45) is 8.84. The lowest BCUT2D eigenvalue weighted by Crippen LogP contribution is -2.05. The molecule has 84 valence electrons. The fourth-order valence-corrected chi connectivity index (χ4v) is 1.82. The van der Waals surface area contributed by atoms with Crippen molar-refractivity contribution in [2.45, 2.75) is 32.6 Å². The molecule has 0 aromatic carbocycles. The number of nitrogens with one attached hydrogen (secondary N) is 1. The quantitative estimate of drug-likeness (QED) is 0.772. The van der Waals surface area contributed by atoms with Gasteiger partial charge >= 0.3 is 0 Å². The summed E-state index contributed by atoms with van der Waals surface area (Å²) in [6.45, 7) is 6.10. The highest BCUT2D eigenvalue weighted by atomic mass is 15.0. The molecule has 0 spiro atoms. The predicted molar refractivity (Wildman–Crippen MR) is 69.3 cm³/mol. The Bertz CT molecular complexity index is 419. The van der Waals surface area contributed by atoms with Gasteiger partial charge in [-0.2, -0.15) is 0 Å². The molecule has 0 saturated carbocycles. The average molecular weight is 214 g/mol. The Hall–Kier alpha value is -1.57. The van der Waals surface area contributed by atoms with Crippen molar-refractivity contribution in [1.29, 1.82) is 0 Å². The number of fused-ring (bicyclic) bond motifs is 1. The first-order chi connectivity index (χ1) is 7.79. The number of hydrogen-bond acceptors (Lipinski definition) is 2. The van der Waals surface area contributed by atoms with E-state index in [1.54, 1.807) is 0 Å². The molecule has 0 fully saturated rings. The van der Waals surface area contributed by atoms with Crippen LogP contribution in [0.4, 0.5) is 5.82 Å². The molecule has 1 aliphatic heterocycles. The third-order valence-corrected chi connectivity index (χ3v) is 2.76. The monoisotopic (exact) mass is 214 g/mol. The molecule has 1 aromatic rings. The molecule has 0 aliphatic carbocycles. The molecule has 1 N–H and O–H groups in total. The van der Waals surface area contributed by atoms with Crippen molar-refractivity contribution >= 4 is 11.9 Å². The van der Waals surface area contributed by atoms with Crippen LogP contribution in [0.3, 0.4) is 0 Å². The molecule has 2 heterocycles. The van der Waals surface area contributed by atoms with Crippen molar-refractivity contribution in [3.05, 3.63) is 41.7 Å². The molecule has 0 unspecified atom stereocenters. The molecule has 0 saturated heterocycles. The van der Waals surface area contributed by atoms with Gasteiger partial charge in [-0.05, 0) is 37.1 Å². The minimum Gasteiger partial charge on any atom is -0.340 e. The second kappa shape index (κ2) is 4.97. The number of hydrogen-bond donors (Lipinski definition) is 1. The van der Waals surface area contributed by atoms with E-state index in [1.165, 1.54) is 25.0 Å². The smallest absolute Gasteiger partial charge is 0.137 e. The van der Waals surface area contributed by atoms with Crippen molar-refractivity contribution in [1.82, 2.24) is 4.98 Å². The Labute approximate surface area is 97.1 Å². The lowest BCUT2D eigenvalue weighted by Gasteiger charge is -2.14. The van der Waals surface area contributed by atoms with Gasteiger partial charge in [0.2, 0.25) is 0 Å². The Balaban J connectivity index is 2.10. The molecule has 1 aliphatic rings. The average Bonchev–Trinajstić information content (AvgIpc) is 2.29. The van der Waals surface area contributed by atoms with E-state index in [1.807, 2.05) is 6.08 Å². The molecule has 1 aromatic heterocycles. The Morgan fingerprint density at radius 2 is 2.12 bits per heavy atom. The maximum absolute atomic E-state index is 4.61. The number of allylic oxidation sites excluding steroid dienone is 1. The van der Waals surface area contributed by atoms with Crippen LogP contribution in [-0.2, 0) is 6.42 Å². The fourth-order valence-electron chi connectivity index (χ4n) is 1.82. The normalized spacial score (nSPS) is 13.4. The minimum absolute atomic E-state index is 0.908. The third kappa shape index (κ3) is 2.51. The van der Waals surface area contributed by atoms with E-state index in [0.717, 1.165) is 23.5 Å². The van der Waals surface area contributed by atoms with E-state index >= 15 is 0 Å². The molecule has 2 rings (SSSR count). The van der Waals surface area contributed by atoms with E-state index in [0.29, 0.717) is 0 Å². The number of rotatable bonds is 4. The summed E-state index contributed by atoms with van der Waals surface area (Å²) in [5.74, 6) is 0.946. The van der Waals surface area contributed by atoms with Crippen molar-refractivity contribution in [2.75, 3.05) is 5.32 Å². The van der Waals surface area contributed by atoms with Gasteiger partial charge in [-0.1, -0.05) is 26.3 Å². The van der Waals surface area contributed by atoms with E-state index in [-0.39, 0.29) is 0 Å². The Morgan fingerprint density at radius 3 is 2.94 bits per heavy atom. The largest absolute Gasteiger partial charge is 0.340 e. The minimum atomic E-state index is 0.908. The molecular formula is C14H18N2. The molecule has 2 heteroatoms. The first-order valence-electron chi connectivity index (χ1n) is 5.93. The van der Waals surface area contributed by atoms with Gasteiger partial charge < -0.3 is 5.32 Å². The van der Waals surface area contributed by atoms with E-state index in [9.17, 15) is 0 Å². The summed E-state index contributed by atoms with van der Waals surface area (Å²) in [7, 11) is 0. The van der Waals surface area contributed by atoms with Crippen molar-refractivity contribution in [3.63, 3.8) is 0 Å². The molecule has 0 bridgehead atoms. The van der Waals surface area contributed by atoms with Gasteiger partial charge in [-0.25, -0.2) is 4.98 Å². The maximum atomic E-state index is 4.61. The van der Waals surface area contributed by atoms with Crippen LogP contribution in [0.2, 0.25) is 0 Å². The molecule has 16 heavy (non-hydrogen) atoms. The van der Waals surface area contributed by atoms with Crippen LogP contribution >= 0.6 is 0 Å². The summed E-state index contributed by atoms with van der Waals surface area (Å²) in [5, 5.41) is 3.20. The van der Waals surface area contributed by atoms with E-state index < -0.39 is 0 Å². The second-order valence-corrected chi connectivity index (χ2v) is 4.18. The van der Waals surface area contributed by atoms with Crippen molar-refractivity contribution < 1.29 is 0 Å². The molecular weight excluding hydrogens is 196 g/mol. The number of aryl methyl sites for hydroxylation is 1. The summed E-state index contributed by atoms with van der Waals surface area (Å²) in [5.41, 5.74) is 3.22. The summed E-state index contributed by atoms with van der Waals surface area (Å²) in [4.78, 5) is 4.61. The highest BCUT2D eigenvalue weighted by Gasteiger charge is 2.07. The first-order valence-corrected chi connectivity index (χ1v) is 5.93. The zero-order chi connectivity index (χ0) is 11.4. The number of anilines is 1. The van der Waals surface area contributed by atoms with Gasteiger partial charge in [0.1, 0.15) is 5.82 Å². The van der Waals surface area contributed by atoms with E-state index in [4.69, 9.17) is 0 Å². The van der Waals surface area contributed by atoms with Crippen LogP contribution in [0.25, 0.3) is 6.08 Å². The SMILES string of the molecule is C=C1C=Cc2ccc(CCCCC)nc2N1. The van der Waals surface area contributed by atoms with Crippen molar-refractivity contribution in [2.24, 2.45) is 0 Å². The van der Waals surface area contributed by atoms with Crippen LogP contribution in [-0.4, -0.2) is 4.98 Å². The highest BCUT2D eigenvalue weighted by Crippen LogP contribution is 2.22. The summed E-state index contributed by atoms with van der Waals surface area (Å²) < 4.78 is 0. The van der Waals surface area contributed by atoms with Crippen LogP contribution in [0.15, 0.2) is 30.5 Å². The zero-order valence-electron chi connectivity index (χ0n) is 9.79.